The average molecular weight is 575 g/mol. The largest absolute Gasteiger partial charge is 0.340 e. The number of fused-ring (bicyclic) bond motifs is 5. The van der Waals surface area contributed by atoms with Crippen molar-refractivity contribution in [3.05, 3.63) is 95.1 Å². The molecule has 0 saturated heterocycles. The van der Waals surface area contributed by atoms with Gasteiger partial charge in [-0.2, -0.15) is 0 Å². The molecule has 0 amide bonds. The lowest BCUT2D eigenvalue weighted by Crippen LogP contribution is -2.13. The Morgan fingerprint density at radius 2 is 1.56 bits per heavy atom. The molecule has 0 aliphatic rings. The van der Waals surface area contributed by atoms with Crippen molar-refractivity contribution in [2.75, 3.05) is 0 Å². The number of aromatic nitrogens is 1. The van der Waals surface area contributed by atoms with Crippen molar-refractivity contribution in [1.82, 2.24) is 4.57 Å². The standard InChI is InChI=1S/C37H38N2O4/c1-6-8-14-26(7-2)22-39-34-19-18-27(37(42)28-15-10-9-13-23(28)3)20-31(34)32-21-33(36(41)24(4)38-43-25(5)40)29-16-11-12-17-30(29)35(32)39/h9-13,15-21,26H,6-8,14,22H2,1-5H3/b38-24-. The van der Waals surface area contributed by atoms with E-state index in [0.717, 1.165) is 63.9 Å². The van der Waals surface area contributed by atoms with Gasteiger partial charge in [0.15, 0.2) is 5.78 Å². The van der Waals surface area contributed by atoms with Gasteiger partial charge >= 0.3 is 5.97 Å². The molecule has 0 spiro atoms. The van der Waals surface area contributed by atoms with Crippen LogP contribution in [0.2, 0.25) is 0 Å². The Balaban J connectivity index is 1.80. The zero-order valence-corrected chi connectivity index (χ0v) is 25.6. The molecule has 0 bridgehead atoms. The third-order valence-electron chi connectivity index (χ3n) is 8.38. The Bertz CT molecular complexity index is 1900. The second-order valence-electron chi connectivity index (χ2n) is 11.4. The number of carbonyl (C=O) groups is 3. The van der Waals surface area contributed by atoms with Gasteiger partial charge in [-0.3, -0.25) is 9.59 Å². The van der Waals surface area contributed by atoms with Crippen LogP contribution in [0.3, 0.4) is 0 Å². The van der Waals surface area contributed by atoms with E-state index in [2.05, 4.69) is 35.7 Å². The summed E-state index contributed by atoms with van der Waals surface area (Å²) in [5.74, 6) is -0.446. The molecule has 220 valence electrons. The van der Waals surface area contributed by atoms with Gasteiger partial charge in [-0.05, 0) is 61.4 Å². The van der Waals surface area contributed by atoms with Gasteiger partial charge in [0, 0.05) is 51.8 Å². The maximum Gasteiger partial charge on any atom is 0.331 e. The van der Waals surface area contributed by atoms with Gasteiger partial charge in [-0.15, -0.1) is 0 Å². The number of rotatable bonds is 11. The van der Waals surface area contributed by atoms with Gasteiger partial charge < -0.3 is 9.40 Å². The van der Waals surface area contributed by atoms with Crippen molar-refractivity contribution in [2.45, 2.75) is 66.8 Å². The number of nitrogens with zero attached hydrogens (tertiary/aromatic N) is 2. The number of hydrogen-bond acceptors (Lipinski definition) is 5. The van der Waals surface area contributed by atoms with E-state index in [1.807, 2.05) is 67.6 Å². The van der Waals surface area contributed by atoms with Gasteiger partial charge in [0.25, 0.3) is 0 Å². The van der Waals surface area contributed by atoms with Crippen LogP contribution in [0.1, 0.15) is 85.2 Å². The average Bonchev–Trinajstić information content (AvgIpc) is 3.33. The summed E-state index contributed by atoms with van der Waals surface area (Å²) in [4.78, 5) is 43.5. The third kappa shape index (κ3) is 5.87. The maximum absolute atomic E-state index is 13.7. The van der Waals surface area contributed by atoms with Crippen molar-refractivity contribution >= 4 is 55.8 Å². The van der Waals surface area contributed by atoms with Crippen LogP contribution < -0.4 is 0 Å². The molecule has 1 unspecified atom stereocenters. The smallest absolute Gasteiger partial charge is 0.331 e. The lowest BCUT2D eigenvalue weighted by molar-refractivity contribution is -0.140. The van der Waals surface area contributed by atoms with E-state index < -0.39 is 5.97 Å². The normalized spacial score (nSPS) is 12.6. The molecule has 5 aromatic rings. The first-order valence-electron chi connectivity index (χ1n) is 15.1. The van der Waals surface area contributed by atoms with Crippen LogP contribution in [-0.2, 0) is 16.2 Å². The van der Waals surface area contributed by atoms with Crippen molar-refractivity contribution in [3.8, 4) is 0 Å². The SMILES string of the molecule is CCCCC(CC)Cn1c2ccc(C(=O)c3ccccc3C)cc2c2cc(C(=O)/C(C)=N\OC(C)=O)c3ccccc3c21. The number of hydrogen-bond donors (Lipinski definition) is 0. The lowest BCUT2D eigenvalue weighted by Gasteiger charge is -2.18. The fraction of sp³-hybridized carbons (Fsp3) is 0.297. The number of carbonyl (C=O) groups excluding carboxylic acids is 3. The first-order valence-corrected chi connectivity index (χ1v) is 15.1. The van der Waals surface area contributed by atoms with Crippen LogP contribution >= 0.6 is 0 Å². The highest BCUT2D eigenvalue weighted by Gasteiger charge is 2.23. The Morgan fingerprint density at radius 1 is 0.837 bits per heavy atom. The molecule has 0 aliphatic carbocycles. The number of aryl methyl sites for hydroxylation is 1. The van der Waals surface area contributed by atoms with Crippen molar-refractivity contribution < 1.29 is 19.2 Å². The van der Waals surface area contributed by atoms with Crippen LogP contribution in [-0.4, -0.2) is 27.8 Å². The van der Waals surface area contributed by atoms with Crippen molar-refractivity contribution in [3.63, 3.8) is 0 Å². The first kappa shape index (κ1) is 29.9. The summed E-state index contributed by atoms with van der Waals surface area (Å²) >= 11 is 0. The quantitative estimate of drug-likeness (QED) is 0.0683. The van der Waals surface area contributed by atoms with Crippen molar-refractivity contribution in [1.29, 1.82) is 0 Å². The van der Waals surface area contributed by atoms with Crippen molar-refractivity contribution in [2.24, 2.45) is 11.1 Å². The summed E-state index contributed by atoms with van der Waals surface area (Å²) < 4.78 is 2.38. The Morgan fingerprint density at radius 3 is 2.26 bits per heavy atom. The van der Waals surface area contributed by atoms with E-state index in [9.17, 15) is 14.4 Å². The zero-order valence-electron chi connectivity index (χ0n) is 25.6. The highest BCUT2D eigenvalue weighted by Crippen LogP contribution is 2.38. The zero-order chi connectivity index (χ0) is 30.7. The molecule has 43 heavy (non-hydrogen) atoms. The van der Waals surface area contributed by atoms with Crippen LogP contribution in [0.25, 0.3) is 32.6 Å². The molecule has 6 nitrogen and oxygen atoms in total. The number of benzene rings is 4. The molecule has 1 aromatic heterocycles. The Labute approximate surface area is 252 Å². The molecule has 6 heteroatoms. The van der Waals surface area contributed by atoms with E-state index >= 15 is 0 Å². The van der Waals surface area contributed by atoms with E-state index in [1.165, 1.54) is 13.3 Å². The summed E-state index contributed by atoms with van der Waals surface area (Å²) in [5.41, 5.74) is 4.85. The highest BCUT2D eigenvalue weighted by atomic mass is 16.7. The Hall–Kier alpha value is -4.58. The van der Waals surface area contributed by atoms with Gasteiger partial charge in [0.1, 0.15) is 5.71 Å². The molecule has 5 rings (SSSR count). The minimum atomic E-state index is -0.588. The van der Waals surface area contributed by atoms with E-state index in [4.69, 9.17) is 4.84 Å². The second-order valence-corrected chi connectivity index (χ2v) is 11.4. The minimum absolute atomic E-state index is 0.0308. The van der Waals surface area contributed by atoms with E-state index in [0.29, 0.717) is 22.6 Å². The Kier molecular flexibility index (Phi) is 8.86. The van der Waals surface area contributed by atoms with Gasteiger partial charge in [0.05, 0.1) is 5.52 Å². The van der Waals surface area contributed by atoms with Crippen LogP contribution in [0, 0.1) is 12.8 Å². The number of Topliss-reactive ketones (excluding diaryl/α,β-unsaturated/α-hetero) is 1. The fourth-order valence-corrected chi connectivity index (χ4v) is 6.01. The van der Waals surface area contributed by atoms with Crippen LogP contribution in [0.5, 0.6) is 0 Å². The number of unbranched alkanes of at least 4 members (excludes halogenated alkanes) is 1. The molecule has 1 atom stereocenters. The predicted molar refractivity (Wildman–Crippen MR) is 174 cm³/mol. The number of ketones is 2. The fourth-order valence-electron chi connectivity index (χ4n) is 6.01. The molecule has 1 heterocycles. The second kappa shape index (κ2) is 12.7. The maximum atomic E-state index is 13.7. The minimum Gasteiger partial charge on any atom is -0.340 e. The molecule has 0 radical (unpaired) electrons. The van der Waals surface area contributed by atoms with Crippen LogP contribution in [0.15, 0.2) is 78.0 Å². The molecular weight excluding hydrogens is 536 g/mol. The number of oxime groups is 1. The molecular formula is C37H38N2O4. The topological polar surface area (TPSA) is 77.7 Å². The lowest BCUT2D eigenvalue weighted by atomic mass is 9.94. The van der Waals surface area contributed by atoms with E-state index in [1.54, 1.807) is 6.92 Å². The summed E-state index contributed by atoms with van der Waals surface area (Å²) in [6, 6.07) is 23.4. The monoisotopic (exact) mass is 574 g/mol. The molecule has 0 N–H and O–H groups in total. The van der Waals surface area contributed by atoms with Gasteiger partial charge in [-0.1, -0.05) is 86.8 Å². The summed E-state index contributed by atoms with van der Waals surface area (Å²) in [6.07, 6.45) is 4.52. The molecule has 4 aromatic carbocycles. The first-order chi connectivity index (χ1) is 20.7. The van der Waals surface area contributed by atoms with Gasteiger partial charge in [0.2, 0.25) is 5.78 Å². The van der Waals surface area contributed by atoms with Crippen LogP contribution in [0.4, 0.5) is 0 Å². The molecule has 0 aliphatic heterocycles. The highest BCUT2D eigenvalue weighted by molar-refractivity contribution is 6.48. The predicted octanol–water partition coefficient (Wildman–Crippen LogP) is 8.83. The van der Waals surface area contributed by atoms with Gasteiger partial charge in [-0.25, -0.2) is 4.79 Å². The van der Waals surface area contributed by atoms with E-state index in [-0.39, 0.29) is 17.3 Å². The molecule has 0 saturated carbocycles. The summed E-state index contributed by atoms with van der Waals surface area (Å²) in [5, 5.41) is 7.37. The third-order valence-corrected chi connectivity index (χ3v) is 8.38. The summed E-state index contributed by atoms with van der Waals surface area (Å²) in [6.45, 7) is 10.0. The molecule has 0 fully saturated rings. The summed E-state index contributed by atoms with van der Waals surface area (Å²) in [7, 11) is 0.